The van der Waals surface area contributed by atoms with E-state index in [-0.39, 0.29) is 11.9 Å². The van der Waals surface area contributed by atoms with Gasteiger partial charge in [-0.2, -0.15) is 5.10 Å². The van der Waals surface area contributed by atoms with Crippen LogP contribution in [0.15, 0.2) is 24.5 Å². The Morgan fingerprint density at radius 3 is 2.83 bits per heavy atom. The molecule has 3 rings (SSSR count). The molecule has 0 aromatic carbocycles. The monoisotopic (exact) mass is 328 g/mol. The van der Waals surface area contributed by atoms with Gasteiger partial charge in [0.05, 0.1) is 18.3 Å². The average molecular weight is 328 g/mol. The minimum atomic E-state index is 0.183. The molecule has 0 spiro atoms. The van der Waals surface area contributed by atoms with Crippen LogP contribution in [0.25, 0.3) is 0 Å². The molecule has 128 valence electrons. The largest absolute Gasteiger partial charge is 0.354 e. The summed E-state index contributed by atoms with van der Waals surface area (Å²) in [4.78, 5) is 22.7. The van der Waals surface area contributed by atoms with E-state index in [1.165, 1.54) is 0 Å². The molecule has 7 nitrogen and oxygen atoms in total. The standard InChI is InChI=1S/C17H24N6O/c1-13-11-14(2)23(21-13)12-15-5-3-10-22(15)16(24)6-9-20-17-18-7-4-8-19-17/h4,7-8,11,15H,3,5-6,9-10,12H2,1-2H3,(H,18,19,20)/t15-/m1/s1. The lowest BCUT2D eigenvalue weighted by molar-refractivity contribution is -0.132. The SMILES string of the molecule is Cc1cc(C)n(C[C@H]2CCCN2C(=O)CCNc2ncccn2)n1. The Hall–Kier alpha value is -2.44. The van der Waals surface area contributed by atoms with Crippen LogP contribution in [0.1, 0.15) is 30.7 Å². The molecule has 1 N–H and O–H groups in total. The van der Waals surface area contributed by atoms with Crippen molar-refractivity contribution in [2.75, 3.05) is 18.4 Å². The number of carbonyl (C=O) groups excluding carboxylic acids is 1. The van der Waals surface area contributed by atoms with E-state index >= 15 is 0 Å². The molecule has 0 saturated carbocycles. The number of nitrogens with one attached hydrogen (secondary N) is 1. The number of rotatable bonds is 6. The highest BCUT2D eigenvalue weighted by Gasteiger charge is 2.29. The van der Waals surface area contributed by atoms with Gasteiger partial charge in [0.1, 0.15) is 0 Å². The van der Waals surface area contributed by atoms with Crippen LogP contribution in [0.5, 0.6) is 0 Å². The second kappa shape index (κ2) is 7.42. The van der Waals surface area contributed by atoms with Crippen LogP contribution in [0.4, 0.5) is 5.95 Å². The Bertz CT molecular complexity index is 684. The number of amides is 1. The highest BCUT2D eigenvalue weighted by Crippen LogP contribution is 2.20. The van der Waals surface area contributed by atoms with Crippen molar-refractivity contribution in [3.8, 4) is 0 Å². The maximum Gasteiger partial charge on any atom is 0.224 e. The third-order valence-electron chi connectivity index (χ3n) is 4.37. The van der Waals surface area contributed by atoms with Gasteiger partial charge < -0.3 is 10.2 Å². The van der Waals surface area contributed by atoms with Crippen LogP contribution in [0.2, 0.25) is 0 Å². The number of carbonyl (C=O) groups is 1. The van der Waals surface area contributed by atoms with Gasteiger partial charge in [0, 0.05) is 37.6 Å². The molecule has 0 aliphatic carbocycles. The number of aromatic nitrogens is 4. The molecule has 0 radical (unpaired) electrons. The van der Waals surface area contributed by atoms with Gasteiger partial charge in [0.2, 0.25) is 11.9 Å². The Kier molecular flexibility index (Phi) is 5.08. The van der Waals surface area contributed by atoms with Gasteiger partial charge in [-0.05, 0) is 38.8 Å². The number of likely N-dealkylation sites (tertiary alicyclic amines) is 1. The zero-order valence-corrected chi connectivity index (χ0v) is 14.3. The Balaban J connectivity index is 1.52. The van der Waals surface area contributed by atoms with Crippen LogP contribution in [-0.4, -0.2) is 49.7 Å². The summed E-state index contributed by atoms with van der Waals surface area (Å²) in [7, 11) is 0. The van der Waals surface area contributed by atoms with Crippen LogP contribution in [0.3, 0.4) is 0 Å². The maximum atomic E-state index is 12.5. The topological polar surface area (TPSA) is 75.9 Å². The van der Waals surface area contributed by atoms with Crippen molar-refractivity contribution < 1.29 is 4.79 Å². The fourth-order valence-corrected chi connectivity index (χ4v) is 3.23. The predicted octanol–water partition coefficient (Wildman–Crippen LogP) is 1.78. The van der Waals surface area contributed by atoms with Crippen molar-refractivity contribution in [1.82, 2.24) is 24.6 Å². The summed E-state index contributed by atoms with van der Waals surface area (Å²) in [6.07, 6.45) is 5.92. The lowest BCUT2D eigenvalue weighted by Gasteiger charge is -2.25. The quantitative estimate of drug-likeness (QED) is 0.875. The Morgan fingerprint density at radius 2 is 2.12 bits per heavy atom. The first-order valence-corrected chi connectivity index (χ1v) is 8.45. The minimum absolute atomic E-state index is 0.183. The van der Waals surface area contributed by atoms with Crippen molar-refractivity contribution in [3.63, 3.8) is 0 Å². The van der Waals surface area contributed by atoms with E-state index in [2.05, 4.69) is 33.4 Å². The summed E-state index contributed by atoms with van der Waals surface area (Å²) < 4.78 is 2.02. The third-order valence-corrected chi connectivity index (χ3v) is 4.37. The lowest BCUT2D eigenvalue weighted by Crippen LogP contribution is -2.39. The minimum Gasteiger partial charge on any atom is -0.354 e. The summed E-state index contributed by atoms with van der Waals surface area (Å²) in [5.74, 6) is 0.744. The number of aryl methyl sites for hydroxylation is 2. The zero-order valence-electron chi connectivity index (χ0n) is 14.3. The Morgan fingerprint density at radius 1 is 1.33 bits per heavy atom. The van der Waals surface area contributed by atoms with Crippen LogP contribution in [0, 0.1) is 13.8 Å². The molecular formula is C17H24N6O. The summed E-state index contributed by atoms with van der Waals surface area (Å²) in [5, 5.41) is 7.61. The first-order valence-electron chi connectivity index (χ1n) is 8.45. The number of nitrogens with zero attached hydrogens (tertiary/aromatic N) is 5. The van der Waals surface area contributed by atoms with Gasteiger partial charge in [-0.15, -0.1) is 0 Å². The van der Waals surface area contributed by atoms with E-state index in [0.29, 0.717) is 18.9 Å². The van der Waals surface area contributed by atoms with Gasteiger partial charge in [0.15, 0.2) is 0 Å². The van der Waals surface area contributed by atoms with Gasteiger partial charge >= 0.3 is 0 Å². The Labute approximate surface area is 142 Å². The second-order valence-corrected chi connectivity index (χ2v) is 6.24. The summed E-state index contributed by atoms with van der Waals surface area (Å²) in [5.41, 5.74) is 2.17. The summed E-state index contributed by atoms with van der Waals surface area (Å²) in [6.45, 7) is 6.22. The van der Waals surface area contributed by atoms with Crippen molar-refractivity contribution in [3.05, 3.63) is 35.9 Å². The van der Waals surface area contributed by atoms with E-state index in [9.17, 15) is 4.79 Å². The van der Waals surface area contributed by atoms with Gasteiger partial charge in [-0.1, -0.05) is 0 Å². The van der Waals surface area contributed by atoms with Gasteiger partial charge in [0.25, 0.3) is 0 Å². The normalized spacial score (nSPS) is 17.2. The second-order valence-electron chi connectivity index (χ2n) is 6.24. The molecule has 1 saturated heterocycles. The molecule has 1 aliphatic rings. The smallest absolute Gasteiger partial charge is 0.224 e. The molecule has 1 atom stereocenters. The molecule has 1 amide bonds. The molecule has 2 aromatic rings. The lowest BCUT2D eigenvalue weighted by atomic mass is 10.2. The zero-order chi connectivity index (χ0) is 16.9. The third kappa shape index (κ3) is 3.90. The first-order chi connectivity index (χ1) is 11.6. The highest BCUT2D eigenvalue weighted by atomic mass is 16.2. The average Bonchev–Trinajstić information content (AvgIpc) is 3.15. The molecule has 1 fully saturated rings. The fourth-order valence-electron chi connectivity index (χ4n) is 3.23. The molecule has 2 aromatic heterocycles. The van der Waals surface area contributed by atoms with Gasteiger partial charge in [-0.25, -0.2) is 9.97 Å². The van der Waals surface area contributed by atoms with E-state index < -0.39 is 0 Å². The molecular weight excluding hydrogens is 304 g/mol. The van der Waals surface area contributed by atoms with Crippen LogP contribution < -0.4 is 5.32 Å². The first kappa shape index (κ1) is 16.4. The number of hydrogen-bond donors (Lipinski definition) is 1. The van der Waals surface area contributed by atoms with Crippen molar-refractivity contribution in [1.29, 1.82) is 0 Å². The van der Waals surface area contributed by atoms with Crippen molar-refractivity contribution in [2.24, 2.45) is 0 Å². The molecule has 24 heavy (non-hydrogen) atoms. The van der Waals surface area contributed by atoms with Crippen molar-refractivity contribution >= 4 is 11.9 Å². The van der Waals surface area contributed by atoms with E-state index in [1.807, 2.05) is 16.5 Å². The van der Waals surface area contributed by atoms with E-state index in [4.69, 9.17) is 0 Å². The molecule has 0 bridgehead atoms. The fraction of sp³-hybridized carbons (Fsp3) is 0.529. The maximum absolute atomic E-state index is 12.5. The van der Waals surface area contributed by atoms with Crippen LogP contribution >= 0.6 is 0 Å². The van der Waals surface area contributed by atoms with Crippen LogP contribution in [-0.2, 0) is 11.3 Å². The van der Waals surface area contributed by atoms with Gasteiger partial charge in [-0.3, -0.25) is 9.48 Å². The van der Waals surface area contributed by atoms with Crippen molar-refractivity contribution in [2.45, 2.75) is 45.7 Å². The molecule has 1 aliphatic heterocycles. The number of anilines is 1. The highest BCUT2D eigenvalue weighted by molar-refractivity contribution is 5.77. The van der Waals surface area contributed by atoms with E-state index in [0.717, 1.165) is 37.3 Å². The molecule has 3 heterocycles. The predicted molar refractivity (Wildman–Crippen MR) is 91.6 cm³/mol. The number of hydrogen-bond acceptors (Lipinski definition) is 5. The summed E-state index contributed by atoms with van der Waals surface area (Å²) in [6, 6.07) is 4.08. The molecule has 7 heteroatoms. The molecule has 0 unspecified atom stereocenters. The summed E-state index contributed by atoms with van der Waals surface area (Å²) >= 11 is 0. The van der Waals surface area contributed by atoms with E-state index in [1.54, 1.807) is 18.5 Å².